The van der Waals surface area contributed by atoms with E-state index < -0.39 is 17.9 Å². The van der Waals surface area contributed by atoms with Crippen molar-refractivity contribution in [3.05, 3.63) is 51.7 Å². The molecule has 0 aliphatic rings. The highest BCUT2D eigenvalue weighted by Gasteiger charge is 2.25. The molecule has 1 atom stereocenters. The summed E-state index contributed by atoms with van der Waals surface area (Å²) in [5.74, 6) is -2.19. The molecule has 2 rings (SSSR count). The number of benzene rings is 1. The van der Waals surface area contributed by atoms with Gasteiger partial charge >= 0.3 is 5.97 Å². The summed E-state index contributed by atoms with van der Waals surface area (Å²) in [6.07, 6.45) is 0.289. The van der Waals surface area contributed by atoms with Crippen molar-refractivity contribution in [2.24, 2.45) is 5.92 Å². The van der Waals surface area contributed by atoms with Crippen LogP contribution >= 0.6 is 11.3 Å². The molecule has 0 aliphatic carbocycles. The normalized spacial score (nSPS) is 12.2. The third-order valence-electron chi connectivity index (χ3n) is 3.30. The lowest BCUT2D eigenvalue weighted by Gasteiger charge is -2.16. The van der Waals surface area contributed by atoms with Crippen LogP contribution in [0.25, 0.3) is 0 Å². The quantitative estimate of drug-likeness (QED) is 0.850. The lowest BCUT2D eigenvalue weighted by Crippen LogP contribution is -2.44. The standard InChI is InChI=1S/C16H17FN2O3S/c1-9(2)14(16(21)22)19-15(20)12-8-23-13(18-12)7-10-5-3-4-6-11(10)17/h3-6,8-9,14H,7H2,1-2H3,(H,19,20)(H,21,22)/t14-/m0/s1. The lowest BCUT2D eigenvalue weighted by atomic mass is 10.0. The third-order valence-corrected chi connectivity index (χ3v) is 4.15. The van der Waals surface area contributed by atoms with Crippen LogP contribution in [0, 0.1) is 11.7 Å². The average molecular weight is 336 g/mol. The number of nitrogens with zero attached hydrogens (tertiary/aromatic N) is 1. The first-order valence-electron chi connectivity index (χ1n) is 7.10. The Morgan fingerprint density at radius 1 is 1.35 bits per heavy atom. The molecule has 1 aromatic carbocycles. The molecule has 0 unspecified atom stereocenters. The molecule has 23 heavy (non-hydrogen) atoms. The predicted molar refractivity (Wildman–Crippen MR) is 85.0 cm³/mol. The van der Waals surface area contributed by atoms with Gasteiger partial charge in [0.2, 0.25) is 0 Å². The molecular weight excluding hydrogens is 319 g/mol. The molecule has 1 amide bonds. The molecule has 0 spiro atoms. The maximum atomic E-state index is 13.6. The number of hydrogen-bond donors (Lipinski definition) is 2. The van der Waals surface area contributed by atoms with Crippen LogP contribution < -0.4 is 5.32 Å². The van der Waals surface area contributed by atoms with Crippen molar-refractivity contribution < 1.29 is 19.1 Å². The Balaban J connectivity index is 2.08. The van der Waals surface area contributed by atoms with E-state index in [0.29, 0.717) is 10.6 Å². The monoisotopic (exact) mass is 336 g/mol. The molecule has 0 radical (unpaired) electrons. The van der Waals surface area contributed by atoms with Gasteiger partial charge in [-0.05, 0) is 17.5 Å². The van der Waals surface area contributed by atoms with E-state index in [4.69, 9.17) is 5.11 Å². The molecule has 0 aliphatic heterocycles. The van der Waals surface area contributed by atoms with Crippen LogP contribution in [0.3, 0.4) is 0 Å². The van der Waals surface area contributed by atoms with Gasteiger partial charge in [0.25, 0.3) is 5.91 Å². The van der Waals surface area contributed by atoms with E-state index >= 15 is 0 Å². The Morgan fingerprint density at radius 2 is 2.04 bits per heavy atom. The zero-order valence-corrected chi connectivity index (χ0v) is 13.6. The molecule has 2 N–H and O–H groups in total. The van der Waals surface area contributed by atoms with Crippen molar-refractivity contribution in [3.8, 4) is 0 Å². The predicted octanol–water partition coefficient (Wildman–Crippen LogP) is 2.71. The van der Waals surface area contributed by atoms with Crippen molar-refractivity contribution in [1.82, 2.24) is 10.3 Å². The summed E-state index contributed by atoms with van der Waals surface area (Å²) in [7, 11) is 0. The van der Waals surface area contributed by atoms with Crippen molar-refractivity contribution in [2.75, 3.05) is 0 Å². The molecule has 0 bridgehead atoms. The summed E-state index contributed by atoms with van der Waals surface area (Å²) in [5, 5.41) is 13.7. The van der Waals surface area contributed by atoms with E-state index in [1.165, 1.54) is 17.4 Å². The zero-order valence-electron chi connectivity index (χ0n) is 12.7. The number of hydrogen-bond acceptors (Lipinski definition) is 4. The Bertz CT molecular complexity index is 715. The van der Waals surface area contributed by atoms with E-state index in [-0.39, 0.29) is 23.8 Å². The van der Waals surface area contributed by atoms with Crippen molar-refractivity contribution in [3.63, 3.8) is 0 Å². The van der Waals surface area contributed by atoms with Gasteiger partial charge in [-0.25, -0.2) is 14.2 Å². The molecule has 122 valence electrons. The van der Waals surface area contributed by atoms with Gasteiger partial charge in [-0.1, -0.05) is 32.0 Å². The van der Waals surface area contributed by atoms with Crippen LogP contribution in [0.5, 0.6) is 0 Å². The number of carboxylic acid groups (broad SMARTS) is 1. The second-order valence-electron chi connectivity index (χ2n) is 5.43. The number of carboxylic acids is 1. The van der Waals surface area contributed by atoms with Crippen LogP contribution in [-0.2, 0) is 11.2 Å². The molecule has 2 aromatic rings. The molecule has 0 saturated heterocycles. The second kappa shape index (κ2) is 7.32. The van der Waals surface area contributed by atoms with Gasteiger partial charge in [0.1, 0.15) is 17.6 Å². The molecule has 5 nitrogen and oxygen atoms in total. The molecule has 7 heteroatoms. The first-order chi connectivity index (χ1) is 10.9. The molecule has 1 aromatic heterocycles. The van der Waals surface area contributed by atoms with Gasteiger partial charge in [-0.3, -0.25) is 4.79 Å². The molecule has 0 saturated carbocycles. The number of halogens is 1. The Morgan fingerprint density at radius 3 is 2.65 bits per heavy atom. The second-order valence-corrected chi connectivity index (χ2v) is 6.37. The van der Waals surface area contributed by atoms with Gasteiger partial charge in [-0.2, -0.15) is 0 Å². The summed E-state index contributed by atoms with van der Waals surface area (Å²) < 4.78 is 13.6. The van der Waals surface area contributed by atoms with Gasteiger partial charge < -0.3 is 10.4 Å². The van der Waals surface area contributed by atoms with Crippen LogP contribution in [0.15, 0.2) is 29.6 Å². The maximum Gasteiger partial charge on any atom is 0.326 e. The fraction of sp³-hybridized carbons (Fsp3) is 0.312. The SMILES string of the molecule is CC(C)[C@H](NC(=O)c1csc(Cc2ccccc2F)n1)C(=O)O. The number of amides is 1. The summed E-state index contributed by atoms with van der Waals surface area (Å²) in [6.45, 7) is 3.42. The molecule has 1 heterocycles. The highest BCUT2D eigenvalue weighted by Crippen LogP contribution is 2.17. The minimum absolute atomic E-state index is 0.147. The highest BCUT2D eigenvalue weighted by molar-refractivity contribution is 7.09. The van der Waals surface area contributed by atoms with Crippen LogP contribution in [0.1, 0.15) is 34.9 Å². The number of carbonyl (C=O) groups is 2. The van der Waals surface area contributed by atoms with E-state index in [2.05, 4.69) is 10.3 Å². The molecular formula is C16H17FN2O3S. The van der Waals surface area contributed by atoms with Crippen molar-refractivity contribution in [1.29, 1.82) is 0 Å². The number of rotatable bonds is 6. The Hall–Kier alpha value is -2.28. The first-order valence-corrected chi connectivity index (χ1v) is 7.98. The number of nitrogens with one attached hydrogen (secondary N) is 1. The van der Waals surface area contributed by atoms with E-state index in [9.17, 15) is 14.0 Å². The van der Waals surface area contributed by atoms with E-state index in [0.717, 1.165) is 0 Å². The van der Waals surface area contributed by atoms with Crippen LogP contribution in [-0.4, -0.2) is 28.0 Å². The van der Waals surface area contributed by atoms with E-state index in [1.54, 1.807) is 37.4 Å². The highest BCUT2D eigenvalue weighted by atomic mass is 32.1. The van der Waals surface area contributed by atoms with Crippen molar-refractivity contribution in [2.45, 2.75) is 26.3 Å². The number of carbonyl (C=O) groups excluding carboxylic acids is 1. The average Bonchev–Trinajstić information content (AvgIpc) is 2.95. The Kier molecular flexibility index (Phi) is 5.44. The van der Waals surface area contributed by atoms with Crippen molar-refractivity contribution >= 4 is 23.2 Å². The third kappa shape index (κ3) is 4.35. The van der Waals surface area contributed by atoms with Crippen LogP contribution in [0.2, 0.25) is 0 Å². The summed E-state index contributed by atoms with van der Waals surface area (Å²) in [6, 6.07) is 5.41. The minimum atomic E-state index is -1.09. The van der Waals surface area contributed by atoms with Gasteiger partial charge in [-0.15, -0.1) is 11.3 Å². The maximum absolute atomic E-state index is 13.6. The van der Waals surface area contributed by atoms with Gasteiger partial charge in [0, 0.05) is 11.8 Å². The van der Waals surface area contributed by atoms with Gasteiger partial charge in [0.15, 0.2) is 0 Å². The largest absolute Gasteiger partial charge is 0.480 e. The minimum Gasteiger partial charge on any atom is -0.480 e. The molecule has 0 fully saturated rings. The first kappa shape index (κ1) is 17.1. The lowest BCUT2D eigenvalue weighted by molar-refractivity contribution is -0.140. The van der Waals surface area contributed by atoms with Crippen LogP contribution in [0.4, 0.5) is 4.39 Å². The summed E-state index contributed by atoms with van der Waals surface area (Å²) in [5.41, 5.74) is 0.646. The Labute approximate surface area is 137 Å². The van der Waals surface area contributed by atoms with E-state index in [1.807, 2.05) is 0 Å². The summed E-state index contributed by atoms with van der Waals surface area (Å²) in [4.78, 5) is 27.4. The topological polar surface area (TPSA) is 79.3 Å². The fourth-order valence-electron chi connectivity index (χ4n) is 2.03. The number of thiazole rings is 1. The fourth-order valence-corrected chi connectivity index (χ4v) is 2.83. The number of aliphatic carboxylic acids is 1. The summed E-state index contributed by atoms with van der Waals surface area (Å²) >= 11 is 1.24. The smallest absolute Gasteiger partial charge is 0.326 e. The number of aromatic nitrogens is 1. The van der Waals surface area contributed by atoms with Gasteiger partial charge in [0.05, 0.1) is 5.01 Å². The zero-order chi connectivity index (χ0) is 17.0.